The molecule has 1 heterocycles. The van der Waals surface area contributed by atoms with Crippen LogP contribution in [0.25, 0.3) is 11.1 Å². The van der Waals surface area contributed by atoms with Gasteiger partial charge in [-0.1, -0.05) is 6.07 Å². The van der Waals surface area contributed by atoms with Gasteiger partial charge in [-0.2, -0.15) is 13.2 Å². The fourth-order valence-electron chi connectivity index (χ4n) is 1.77. The molecular weight excluding hydrogens is 290 g/mol. The Balaban J connectivity index is 2.39. The van der Waals surface area contributed by atoms with Crippen LogP contribution in [0.15, 0.2) is 36.5 Å². The molecule has 0 radical (unpaired) electrons. The second kappa shape index (κ2) is 5.51. The predicted octanol–water partition coefficient (Wildman–Crippen LogP) is 3.53. The molecule has 0 atom stereocenters. The molecule has 0 amide bonds. The minimum absolute atomic E-state index is 0.146. The average molecular weight is 299 g/mol. The summed E-state index contributed by atoms with van der Waals surface area (Å²) in [7, 11) is 0. The second-order valence-electron chi connectivity index (χ2n) is 4.30. The molecule has 0 unspecified atom stereocenters. The molecule has 110 valence electrons. The van der Waals surface area contributed by atoms with Gasteiger partial charge in [0.2, 0.25) is 0 Å². The number of rotatable bonds is 3. The number of aromatic nitrogens is 1. The van der Waals surface area contributed by atoms with Gasteiger partial charge in [0.05, 0.1) is 17.7 Å². The third-order valence-corrected chi connectivity index (χ3v) is 2.76. The predicted molar refractivity (Wildman–Crippen MR) is 66.0 cm³/mol. The van der Waals surface area contributed by atoms with Crippen molar-refractivity contribution in [1.82, 2.24) is 4.98 Å². The molecule has 0 aliphatic heterocycles. The molecule has 21 heavy (non-hydrogen) atoms. The molecule has 1 aromatic carbocycles. The number of hydrogen-bond donors (Lipinski definition) is 1. The van der Waals surface area contributed by atoms with Crippen LogP contribution in [0.3, 0.4) is 0 Å². The Kier molecular flexibility index (Phi) is 3.93. The number of pyridine rings is 1. The third-order valence-electron chi connectivity index (χ3n) is 2.76. The fraction of sp³-hybridized carbons (Fsp3) is 0.143. The zero-order chi connectivity index (χ0) is 15.6. The lowest BCUT2D eigenvalue weighted by molar-refractivity contribution is -0.138. The van der Waals surface area contributed by atoms with Crippen molar-refractivity contribution in [2.75, 3.05) is 0 Å². The summed E-state index contributed by atoms with van der Waals surface area (Å²) in [6, 6.07) is 4.77. The van der Waals surface area contributed by atoms with Crippen LogP contribution in [0.1, 0.15) is 11.3 Å². The Bertz CT molecular complexity index is 666. The van der Waals surface area contributed by atoms with E-state index in [9.17, 15) is 22.4 Å². The van der Waals surface area contributed by atoms with Crippen LogP contribution in [-0.4, -0.2) is 16.1 Å². The van der Waals surface area contributed by atoms with Crippen LogP contribution in [0, 0.1) is 5.82 Å². The summed E-state index contributed by atoms with van der Waals surface area (Å²) in [6.45, 7) is 0. The number of halogens is 4. The monoisotopic (exact) mass is 299 g/mol. The first kappa shape index (κ1) is 15.0. The van der Waals surface area contributed by atoms with Crippen molar-refractivity contribution < 1.29 is 27.5 Å². The second-order valence-corrected chi connectivity index (χ2v) is 4.30. The summed E-state index contributed by atoms with van der Waals surface area (Å²) in [4.78, 5) is 14.3. The first-order valence-electron chi connectivity index (χ1n) is 5.81. The summed E-state index contributed by atoms with van der Waals surface area (Å²) in [5.41, 5.74) is -0.820. The van der Waals surface area contributed by atoms with E-state index in [0.29, 0.717) is 12.1 Å². The zero-order valence-corrected chi connectivity index (χ0v) is 10.5. The van der Waals surface area contributed by atoms with Crippen molar-refractivity contribution in [3.05, 3.63) is 53.6 Å². The van der Waals surface area contributed by atoms with Crippen LogP contribution in [0.4, 0.5) is 17.6 Å². The molecule has 0 saturated heterocycles. The van der Waals surface area contributed by atoms with Crippen molar-refractivity contribution in [2.45, 2.75) is 12.6 Å². The van der Waals surface area contributed by atoms with Crippen molar-refractivity contribution in [3.63, 3.8) is 0 Å². The van der Waals surface area contributed by atoms with E-state index in [-0.39, 0.29) is 23.2 Å². The van der Waals surface area contributed by atoms with Gasteiger partial charge in [0.25, 0.3) is 0 Å². The van der Waals surface area contributed by atoms with Gasteiger partial charge in [-0.15, -0.1) is 0 Å². The van der Waals surface area contributed by atoms with Crippen LogP contribution in [-0.2, 0) is 17.4 Å². The SMILES string of the molecule is O=C(O)Cc1ccc(-c2cc(C(F)(F)F)ccc2F)cn1. The topological polar surface area (TPSA) is 50.2 Å². The molecule has 0 bridgehead atoms. The van der Waals surface area contributed by atoms with Gasteiger partial charge in [-0.05, 0) is 24.3 Å². The molecular formula is C14H9F4NO2. The number of carboxylic acids is 1. The Morgan fingerprint density at radius 1 is 1.19 bits per heavy atom. The number of benzene rings is 1. The fourth-order valence-corrected chi connectivity index (χ4v) is 1.77. The first-order valence-corrected chi connectivity index (χ1v) is 5.81. The highest BCUT2D eigenvalue weighted by Crippen LogP contribution is 2.33. The number of hydrogen-bond acceptors (Lipinski definition) is 2. The van der Waals surface area contributed by atoms with E-state index in [4.69, 9.17) is 5.11 Å². The van der Waals surface area contributed by atoms with Gasteiger partial charge < -0.3 is 5.11 Å². The highest BCUT2D eigenvalue weighted by atomic mass is 19.4. The van der Waals surface area contributed by atoms with E-state index < -0.39 is 23.5 Å². The average Bonchev–Trinajstić information content (AvgIpc) is 2.38. The van der Waals surface area contributed by atoms with E-state index in [1.54, 1.807) is 0 Å². The van der Waals surface area contributed by atoms with Crippen LogP contribution < -0.4 is 0 Å². The van der Waals surface area contributed by atoms with Gasteiger partial charge in [0, 0.05) is 17.3 Å². The molecule has 0 fully saturated rings. The summed E-state index contributed by atoms with van der Waals surface area (Å²) in [5, 5.41) is 8.60. The number of carbonyl (C=O) groups is 1. The molecule has 1 N–H and O–H groups in total. The quantitative estimate of drug-likeness (QED) is 0.882. The molecule has 3 nitrogen and oxygen atoms in total. The van der Waals surface area contributed by atoms with Crippen molar-refractivity contribution in [2.24, 2.45) is 0 Å². The van der Waals surface area contributed by atoms with Gasteiger partial charge in [0.1, 0.15) is 5.82 Å². The molecule has 0 saturated carbocycles. The van der Waals surface area contributed by atoms with Gasteiger partial charge in [-0.3, -0.25) is 9.78 Å². The van der Waals surface area contributed by atoms with Gasteiger partial charge in [0.15, 0.2) is 0 Å². The Labute approximate surface area is 116 Å². The molecule has 2 rings (SSSR count). The summed E-state index contributed by atoms with van der Waals surface area (Å²) >= 11 is 0. The summed E-state index contributed by atoms with van der Waals surface area (Å²) < 4.78 is 51.5. The lowest BCUT2D eigenvalue weighted by atomic mass is 10.0. The van der Waals surface area contributed by atoms with E-state index >= 15 is 0 Å². The summed E-state index contributed by atoms with van der Waals surface area (Å²) in [6.07, 6.45) is -3.73. The van der Waals surface area contributed by atoms with Crippen LogP contribution in [0.5, 0.6) is 0 Å². The standard InChI is InChI=1S/C14H9F4NO2/c15-12-4-2-9(14(16,17)18)5-11(12)8-1-3-10(19-7-8)6-13(20)21/h1-5,7H,6H2,(H,20,21). The van der Waals surface area contributed by atoms with E-state index in [1.807, 2.05) is 0 Å². The molecule has 0 aliphatic carbocycles. The Morgan fingerprint density at radius 2 is 1.90 bits per heavy atom. The van der Waals surface area contributed by atoms with Crippen molar-refractivity contribution in [1.29, 1.82) is 0 Å². The van der Waals surface area contributed by atoms with E-state index in [1.165, 1.54) is 12.1 Å². The van der Waals surface area contributed by atoms with Gasteiger partial charge >= 0.3 is 12.1 Å². The highest BCUT2D eigenvalue weighted by molar-refractivity contribution is 5.70. The zero-order valence-electron chi connectivity index (χ0n) is 10.5. The number of alkyl halides is 3. The van der Waals surface area contributed by atoms with Gasteiger partial charge in [-0.25, -0.2) is 4.39 Å². The largest absolute Gasteiger partial charge is 0.481 e. The maximum atomic E-state index is 13.7. The van der Waals surface area contributed by atoms with E-state index in [2.05, 4.69) is 4.98 Å². The van der Waals surface area contributed by atoms with Crippen LogP contribution in [0.2, 0.25) is 0 Å². The van der Waals surface area contributed by atoms with Crippen LogP contribution >= 0.6 is 0 Å². The lowest BCUT2D eigenvalue weighted by Crippen LogP contribution is -2.05. The minimum Gasteiger partial charge on any atom is -0.481 e. The maximum absolute atomic E-state index is 13.7. The summed E-state index contributed by atoms with van der Waals surface area (Å²) in [5.74, 6) is -1.89. The molecule has 2 aromatic rings. The lowest BCUT2D eigenvalue weighted by Gasteiger charge is -2.10. The highest BCUT2D eigenvalue weighted by Gasteiger charge is 2.31. The maximum Gasteiger partial charge on any atom is 0.416 e. The van der Waals surface area contributed by atoms with Crippen molar-refractivity contribution in [3.8, 4) is 11.1 Å². The normalized spacial score (nSPS) is 11.4. The number of carboxylic acid groups (broad SMARTS) is 1. The Morgan fingerprint density at radius 3 is 2.43 bits per heavy atom. The molecule has 7 heteroatoms. The molecule has 0 spiro atoms. The first-order chi connectivity index (χ1) is 9.77. The molecule has 1 aromatic heterocycles. The van der Waals surface area contributed by atoms with Crippen molar-refractivity contribution >= 4 is 5.97 Å². The molecule has 0 aliphatic rings. The third kappa shape index (κ3) is 3.56. The number of nitrogens with zero attached hydrogens (tertiary/aromatic N) is 1. The van der Waals surface area contributed by atoms with E-state index in [0.717, 1.165) is 12.3 Å². The minimum atomic E-state index is -4.57. The smallest absolute Gasteiger partial charge is 0.416 e. The number of aliphatic carboxylic acids is 1. The Hall–Kier alpha value is -2.44.